The van der Waals surface area contributed by atoms with Crippen molar-refractivity contribution in [2.45, 2.75) is 12.6 Å². The highest BCUT2D eigenvalue weighted by Gasteiger charge is 2.38. The second kappa shape index (κ2) is 4.86. The van der Waals surface area contributed by atoms with E-state index in [4.69, 9.17) is 16.7 Å². The highest BCUT2D eigenvalue weighted by molar-refractivity contribution is 6.30. The van der Waals surface area contributed by atoms with E-state index in [-0.39, 0.29) is 6.42 Å². The van der Waals surface area contributed by atoms with E-state index in [0.29, 0.717) is 10.6 Å². The molecule has 0 amide bonds. The first kappa shape index (κ1) is 12.3. The van der Waals surface area contributed by atoms with Gasteiger partial charge in [0.1, 0.15) is 0 Å². The molecule has 0 aliphatic carbocycles. The third-order valence-corrected chi connectivity index (χ3v) is 2.29. The highest BCUT2D eigenvalue weighted by atomic mass is 35.5. The number of benzene rings is 1. The molecule has 1 aromatic carbocycles. The topological polar surface area (TPSA) is 20.2 Å². The van der Waals surface area contributed by atoms with Crippen LogP contribution in [-0.2, 0) is 6.42 Å². The lowest BCUT2D eigenvalue weighted by Gasteiger charge is -2.17. The Hall–Kier alpha value is -0.740. The van der Waals surface area contributed by atoms with E-state index in [1.807, 2.05) is 0 Å². The number of rotatable bonds is 3. The fraction of sp³-hybridized carbons (Fsp3) is 0.400. The summed E-state index contributed by atoms with van der Waals surface area (Å²) in [5.74, 6) is -1.73. The van der Waals surface area contributed by atoms with E-state index < -0.39 is 18.7 Å². The summed E-state index contributed by atoms with van der Waals surface area (Å²) in [4.78, 5) is 0. The van der Waals surface area contributed by atoms with Crippen molar-refractivity contribution in [1.29, 1.82) is 0 Å². The summed E-state index contributed by atoms with van der Waals surface area (Å²) >= 11 is 5.64. The molecule has 1 N–H and O–H groups in total. The Labute approximate surface area is 90.5 Å². The van der Waals surface area contributed by atoms with Gasteiger partial charge in [-0.1, -0.05) is 23.7 Å². The molecule has 84 valence electrons. The maximum absolute atomic E-state index is 12.3. The van der Waals surface area contributed by atoms with Gasteiger partial charge in [0.05, 0.1) is 12.5 Å². The molecular weight excluding hydrogens is 229 g/mol. The fourth-order valence-corrected chi connectivity index (χ4v) is 1.45. The zero-order valence-corrected chi connectivity index (χ0v) is 8.52. The molecule has 15 heavy (non-hydrogen) atoms. The van der Waals surface area contributed by atoms with E-state index in [1.54, 1.807) is 18.2 Å². The molecule has 5 heteroatoms. The summed E-state index contributed by atoms with van der Waals surface area (Å²) in [5, 5.41) is 9.03. The molecule has 0 aliphatic rings. The summed E-state index contributed by atoms with van der Waals surface area (Å²) in [6.07, 6.45) is -4.63. The fourth-order valence-electron chi connectivity index (χ4n) is 1.23. The van der Waals surface area contributed by atoms with Crippen LogP contribution in [-0.4, -0.2) is 17.9 Å². The molecule has 0 bridgehead atoms. The van der Waals surface area contributed by atoms with Crippen LogP contribution in [0.5, 0.6) is 0 Å². The van der Waals surface area contributed by atoms with Crippen LogP contribution in [0, 0.1) is 5.92 Å². The lowest BCUT2D eigenvalue weighted by Crippen LogP contribution is -2.28. The predicted molar refractivity (Wildman–Crippen MR) is 51.8 cm³/mol. The van der Waals surface area contributed by atoms with E-state index in [0.717, 1.165) is 0 Å². The molecule has 0 saturated heterocycles. The van der Waals surface area contributed by atoms with E-state index in [9.17, 15) is 13.2 Å². The van der Waals surface area contributed by atoms with Crippen molar-refractivity contribution in [2.75, 3.05) is 6.61 Å². The van der Waals surface area contributed by atoms with Crippen LogP contribution in [0.25, 0.3) is 0 Å². The molecule has 0 heterocycles. The summed E-state index contributed by atoms with van der Waals surface area (Å²) in [6.45, 7) is -0.907. The predicted octanol–water partition coefficient (Wildman–Crippen LogP) is 3.05. The van der Waals surface area contributed by atoms with Crippen LogP contribution in [0.3, 0.4) is 0 Å². The van der Waals surface area contributed by atoms with Gasteiger partial charge in [-0.05, 0) is 24.1 Å². The first-order chi connectivity index (χ1) is 6.93. The minimum absolute atomic E-state index is 0.249. The van der Waals surface area contributed by atoms with Crippen LogP contribution in [0.1, 0.15) is 5.56 Å². The van der Waals surface area contributed by atoms with Gasteiger partial charge in [-0.2, -0.15) is 13.2 Å². The highest BCUT2D eigenvalue weighted by Crippen LogP contribution is 2.29. The second-order valence-corrected chi connectivity index (χ2v) is 3.69. The van der Waals surface area contributed by atoms with Crippen LogP contribution >= 0.6 is 11.6 Å². The van der Waals surface area contributed by atoms with Gasteiger partial charge < -0.3 is 5.11 Å². The Morgan fingerprint density at radius 3 is 2.47 bits per heavy atom. The van der Waals surface area contributed by atoms with Gasteiger partial charge in [-0.3, -0.25) is 0 Å². The number of aliphatic hydroxyl groups is 1. The van der Waals surface area contributed by atoms with Gasteiger partial charge in [0.15, 0.2) is 0 Å². The zero-order valence-electron chi connectivity index (χ0n) is 7.76. The molecule has 0 saturated carbocycles. The lowest BCUT2D eigenvalue weighted by atomic mass is 10.00. The van der Waals surface area contributed by atoms with Crippen molar-refractivity contribution in [3.05, 3.63) is 34.9 Å². The molecule has 1 aromatic rings. The maximum atomic E-state index is 12.3. The molecule has 0 spiro atoms. The molecule has 1 nitrogen and oxygen atoms in total. The van der Waals surface area contributed by atoms with Crippen molar-refractivity contribution >= 4 is 11.6 Å². The van der Waals surface area contributed by atoms with Crippen molar-refractivity contribution in [2.24, 2.45) is 5.92 Å². The Morgan fingerprint density at radius 2 is 2.00 bits per heavy atom. The molecule has 0 radical (unpaired) electrons. The standard InChI is InChI=1S/C10H10ClF3O/c11-9-3-1-2-7(5-9)4-8(6-15)10(12,13)14/h1-3,5,8,15H,4,6H2. The maximum Gasteiger partial charge on any atom is 0.394 e. The Bertz CT molecular complexity index is 325. The van der Waals surface area contributed by atoms with Crippen molar-refractivity contribution < 1.29 is 18.3 Å². The van der Waals surface area contributed by atoms with Gasteiger partial charge in [-0.25, -0.2) is 0 Å². The summed E-state index contributed by atoms with van der Waals surface area (Å²) in [6, 6.07) is 6.20. The second-order valence-electron chi connectivity index (χ2n) is 3.26. The minimum atomic E-state index is -4.38. The summed E-state index contributed by atoms with van der Waals surface area (Å²) in [7, 11) is 0. The lowest BCUT2D eigenvalue weighted by molar-refractivity contribution is -0.183. The first-order valence-corrected chi connectivity index (χ1v) is 4.73. The Kier molecular flexibility index (Phi) is 3.99. The first-order valence-electron chi connectivity index (χ1n) is 4.35. The normalized spacial score (nSPS) is 13.9. The molecule has 1 rings (SSSR count). The van der Waals surface area contributed by atoms with E-state index in [1.165, 1.54) is 6.07 Å². The number of hydrogen-bond acceptors (Lipinski definition) is 1. The molecule has 1 atom stereocenters. The van der Waals surface area contributed by atoms with Gasteiger partial charge >= 0.3 is 6.18 Å². The van der Waals surface area contributed by atoms with Crippen molar-refractivity contribution in [3.8, 4) is 0 Å². The van der Waals surface area contributed by atoms with E-state index in [2.05, 4.69) is 0 Å². The average Bonchev–Trinajstić information content (AvgIpc) is 2.12. The van der Waals surface area contributed by atoms with E-state index >= 15 is 0 Å². The zero-order chi connectivity index (χ0) is 11.5. The van der Waals surface area contributed by atoms with Gasteiger partial charge in [0.2, 0.25) is 0 Å². The monoisotopic (exact) mass is 238 g/mol. The molecule has 0 aliphatic heterocycles. The van der Waals surface area contributed by atoms with Crippen LogP contribution in [0.4, 0.5) is 13.2 Å². The van der Waals surface area contributed by atoms with Crippen LogP contribution in [0.2, 0.25) is 5.02 Å². The van der Waals surface area contributed by atoms with Crippen LogP contribution < -0.4 is 0 Å². The van der Waals surface area contributed by atoms with Crippen LogP contribution in [0.15, 0.2) is 24.3 Å². The summed E-state index contributed by atoms with van der Waals surface area (Å²) in [5.41, 5.74) is 0.471. The number of hydrogen-bond donors (Lipinski definition) is 1. The third-order valence-electron chi connectivity index (χ3n) is 2.05. The summed E-state index contributed by atoms with van der Waals surface area (Å²) < 4.78 is 36.9. The largest absolute Gasteiger partial charge is 0.396 e. The van der Waals surface area contributed by atoms with Crippen molar-refractivity contribution in [3.63, 3.8) is 0 Å². The molecule has 1 unspecified atom stereocenters. The third kappa shape index (κ3) is 3.72. The van der Waals surface area contributed by atoms with Gasteiger partial charge in [0.25, 0.3) is 0 Å². The van der Waals surface area contributed by atoms with Gasteiger partial charge in [0, 0.05) is 5.02 Å². The Morgan fingerprint density at radius 1 is 1.33 bits per heavy atom. The number of aliphatic hydroxyl groups excluding tert-OH is 1. The molecule has 0 aromatic heterocycles. The number of alkyl halides is 3. The van der Waals surface area contributed by atoms with Crippen molar-refractivity contribution in [1.82, 2.24) is 0 Å². The average molecular weight is 239 g/mol. The smallest absolute Gasteiger partial charge is 0.394 e. The quantitative estimate of drug-likeness (QED) is 0.858. The minimum Gasteiger partial charge on any atom is -0.396 e. The number of halogens is 4. The van der Waals surface area contributed by atoms with Gasteiger partial charge in [-0.15, -0.1) is 0 Å². The molecular formula is C10H10ClF3O. The molecule has 0 fully saturated rings. The Balaban J connectivity index is 2.76. The SMILES string of the molecule is OCC(Cc1cccc(Cl)c1)C(F)(F)F.